The van der Waals surface area contributed by atoms with Crippen molar-refractivity contribution in [2.75, 3.05) is 19.4 Å². The van der Waals surface area contributed by atoms with Gasteiger partial charge in [-0.05, 0) is 42.0 Å². The largest absolute Gasteiger partial charge is 0.435 e. The van der Waals surface area contributed by atoms with E-state index in [0.717, 1.165) is 6.54 Å². The van der Waals surface area contributed by atoms with Gasteiger partial charge in [0.1, 0.15) is 12.3 Å². The Morgan fingerprint density at radius 2 is 1.72 bits per heavy atom. The summed E-state index contributed by atoms with van der Waals surface area (Å²) in [6.07, 6.45) is 0. The molecule has 0 aromatic heterocycles. The first-order chi connectivity index (χ1) is 11.9. The Hall–Kier alpha value is -2.25. The molecule has 0 aliphatic carbocycles. The van der Waals surface area contributed by atoms with Crippen LogP contribution in [-0.2, 0) is 13.1 Å². The van der Waals surface area contributed by atoms with E-state index in [1.54, 1.807) is 12.1 Å². The number of hydrogen-bond acceptors (Lipinski definition) is 2. The normalized spacial score (nSPS) is 10.8. The van der Waals surface area contributed by atoms with Crippen LogP contribution in [0.15, 0.2) is 48.5 Å². The molecular weight excluding hydrogens is 344 g/mol. The molecule has 0 amide bonds. The number of alkyl halides is 2. The third-order valence-electron chi connectivity index (χ3n) is 3.44. The first kappa shape index (κ1) is 19.1. The third-order valence-corrected chi connectivity index (χ3v) is 3.69. The molecule has 25 heavy (non-hydrogen) atoms. The van der Waals surface area contributed by atoms with E-state index in [2.05, 4.69) is 41.6 Å². The summed E-state index contributed by atoms with van der Waals surface area (Å²) in [6, 6.07) is 14.4. The summed E-state index contributed by atoms with van der Waals surface area (Å²) in [6.45, 7) is -1.28. The van der Waals surface area contributed by atoms with Crippen molar-refractivity contribution in [1.82, 2.24) is 5.32 Å². The summed E-state index contributed by atoms with van der Waals surface area (Å²) in [5.74, 6) is 0.111. The van der Waals surface area contributed by atoms with E-state index in [-0.39, 0.29) is 5.75 Å². The van der Waals surface area contributed by atoms with Crippen LogP contribution < -0.4 is 20.3 Å². The highest BCUT2D eigenvalue weighted by Crippen LogP contribution is 2.17. The third kappa shape index (κ3) is 6.64. The van der Waals surface area contributed by atoms with Gasteiger partial charge in [-0.3, -0.25) is 0 Å². The summed E-state index contributed by atoms with van der Waals surface area (Å²) >= 11 is 5.29. The van der Waals surface area contributed by atoms with Crippen LogP contribution in [0.25, 0.3) is 0 Å². The number of quaternary nitrogens is 1. The molecule has 0 saturated heterocycles. The highest BCUT2D eigenvalue weighted by atomic mass is 32.1. The second kappa shape index (κ2) is 9.29. The molecule has 0 radical (unpaired) electrons. The van der Waals surface area contributed by atoms with E-state index in [1.807, 2.05) is 12.1 Å². The van der Waals surface area contributed by atoms with Gasteiger partial charge >= 0.3 is 6.61 Å². The molecule has 7 heteroatoms. The molecule has 0 aliphatic heterocycles. The Kier molecular flexibility index (Phi) is 7.09. The van der Waals surface area contributed by atoms with Gasteiger partial charge in [0.25, 0.3) is 0 Å². The molecule has 0 bridgehead atoms. The predicted molar refractivity (Wildman–Crippen MR) is 99.1 cm³/mol. The topological polar surface area (TPSA) is 37.7 Å². The highest BCUT2D eigenvalue weighted by Gasteiger charge is 2.07. The van der Waals surface area contributed by atoms with Crippen LogP contribution in [-0.4, -0.2) is 25.8 Å². The fourth-order valence-corrected chi connectivity index (χ4v) is 2.54. The van der Waals surface area contributed by atoms with Crippen LogP contribution >= 0.6 is 12.2 Å². The van der Waals surface area contributed by atoms with E-state index >= 15 is 0 Å². The van der Waals surface area contributed by atoms with Gasteiger partial charge in [-0.1, -0.05) is 24.3 Å². The molecule has 0 saturated carbocycles. The quantitative estimate of drug-likeness (QED) is 0.658. The molecule has 3 N–H and O–H groups in total. The smallest absolute Gasteiger partial charge is 0.387 e. The van der Waals surface area contributed by atoms with E-state index < -0.39 is 6.61 Å². The Balaban J connectivity index is 1.89. The molecule has 2 aromatic rings. The lowest BCUT2D eigenvalue weighted by atomic mass is 10.1. The van der Waals surface area contributed by atoms with Gasteiger partial charge in [-0.2, -0.15) is 8.78 Å². The molecule has 0 spiro atoms. The maximum Gasteiger partial charge on any atom is 0.387 e. The highest BCUT2D eigenvalue weighted by molar-refractivity contribution is 7.80. The maximum atomic E-state index is 12.1. The molecule has 0 unspecified atom stereocenters. The lowest BCUT2D eigenvalue weighted by Crippen LogP contribution is -3.04. The van der Waals surface area contributed by atoms with Gasteiger partial charge in [0, 0.05) is 17.8 Å². The van der Waals surface area contributed by atoms with Gasteiger partial charge in [-0.15, -0.1) is 0 Å². The van der Waals surface area contributed by atoms with Gasteiger partial charge < -0.3 is 20.3 Å². The van der Waals surface area contributed by atoms with Crippen molar-refractivity contribution in [3.63, 3.8) is 0 Å². The van der Waals surface area contributed by atoms with Crippen LogP contribution in [0.2, 0.25) is 0 Å². The Labute approximate surface area is 151 Å². The molecule has 2 rings (SSSR count). The minimum absolute atomic E-state index is 0.111. The number of hydrogen-bond donors (Lipinski definition) is 3. The van der Waals surface area contributed by atoms with Crippen LogP contribution in [0, 0.1) is 0 Å². The van der Waals surface area contributed by atoms with Crippen molar-refractivity contribution in [1.29, 1.82) is 0 Å². The van der Waals surface area contributed by atoms with Crippen molar-refractivity contribution >= 4 is 23.0 Å². The Morgan fingerprint density at radius 3 is 2.32 bits per heavy atom. The van der Waals surface area contributed by atoms with Crippen LogP contribution in [0.1, 0.15) is 11.1 Å². The second-order valence-electron chi connectivity index (χ2n) is 5.86. The zero-order valence-electron chi connectivity index (χ0n) is 14.2. The van der Waals surface area contributed by atoms with Gasteiger partial charge in [0.2, 0.25) is 0 Å². The first-order valence-corrected chi connectivity index (χ1v) is 8.30. The van der Waals surface area contributed by atoms with Gasteiger partial charge in [-0.25, -0.2) is 0 Å². The van der Waals surface area contributed by atoms with Crippen LogP contribution in [0.4, 0.5) is 14.5 Å². The predicted octanol–water partition coefficient (Wildman–Crippen LogP) is 2.42. The van der Waals surface area contributed by atoms with E-state index in [1.165, 1.54) is 28.2 Å². The zero-order valence-corrected chi connectivity index (χ0v) is 15.0. The average Bonchev–Trinajstić information content (AvgIpc) is 2.55. The average molecular weight is 366 g/mol. The van der Waals surface area contributed by atoms with Crippen molar-refractivity contribution in [3.05, 3.63) is 59.7 Å². The SMILES string of the molecule is C[NH+](C)Cc1ccccc1CNC(=S)Nc1ccc(OC(F)F)cc1. The Morgan fingerprint density at radius 1 is 1.08 bits per heavy atom. The number of benzene rings is 2. The summed E-state index contributed by atoms with van der Waals surface area (Å²) in [4.78, 5) is 1.35. The standard InChI is InChI=1S/C18H21F2N3OS/c1-23(2)12-14-6-4-3-5-13(14)11-21-18(25)22-15-7-9-16(10-8-15)24-17(19)20/h3-10,17H,11-12H2,1-2H3,(H2,21,22,25)/p+1. The molecule has 134 valence electrons. The number of thiocarbonyl (C=S) groups is 1. The molecule has 0 heterocycles. The summed E-state index contributed by atoms with van der Waals surface area (Å²) in [7, 11) is 4.22. The molecule has 0 atom stereocenters. The van der Waals surface area contributed by atoms with Gasteiger partial charge in [0.05, 0.1) is 14.1 Å². The first-order valence-electron chi connectivity index (χ1n) is 7.89. The molecular formula is C18H22F2N3OS+. The number of nitrogens with one attached hydrogen (secondary N) is 3. The van der Waals surface area contributed by atoms with E-state index in [9.17, 15) is 8.78 Å². The zero-order chi connectivity index (χ0) is 18.2. The minimum Gasteiger partial charge on any atom is -0.435 e. The van der Waals surface area contributed by atoms with Crippen molar-refractivity contribution in [2.24, 2.45) is 0 Å². The summed E-state index contributed by atoms with van der Waals surface area (Å²) in [5.41, 5.74) is 3.16. The summed E-state index contributed by atoms with van der Waals surface area (Å²) in [5, 5.41) is 6.66. The summed E-state index contributed by atoms with van der Waals surface area (Å²) < 4.78 is 28.6. The van der Waals surface area contributed by atoms with Crippen LogP contribution in [0.3, 0.4) is 0 Å². The van der Waals surface area contributed by atoms with Crippen molar-refractivity contribution in [3.8, 4) is 5.75 Å². The number of halogens is 2. The van der Waals surface area contributed by atoms with Crippen molar-refractivity contribution in [2.45, 2.75) is 19.7 Å². The molecule has 2 aromatic carbocycles. The molecule has 0 aliphatic rings. The number of ether oxygens (including phenoxy) is 1. The van der Waals surface area contributed by atoms with Crippen LogP contribution in [0.5, 0.6) is 5.75 Å². The van der Waals surface area contributed by atoms with Gasteiger partial charge in [0.15, 0.2) is 5.11 Å². The maximum absolute atomic E-state index is 12.1. The van der Waals surface area contributed by atoms with E-state index in [0.29, 0.717) is 17.3 Å². The Bertz CT molecular complexity index is 693. The molecule has 0 fully saturated rings. The molecule has 4 nitrogen and oxygen atoms in total. The fourth-order valence-electron chi connectivity index (χ4n) is 2.35. The van der Waals surface area contributed by atoms with E-state index in [4.69, 9.17) is 12.2 Å². The minimum atomic E-state index is -2.83. The van der Waals surface area contributed by atoms with Crippen molar-refractivity contribution < 1.29 is 18.4 Å². The lowest BCUT2D eigenvalue weighted by molar-refractivity contribution is -0.872. The lowest BCUT2D eigenvalue weighted by Gasteiger charge is -2.15. The number of rotatable bonds is 7. The number of anilines is 1. The second-order valence-corrected chi connectivity index (χ2v) is 6.27. The monoisotopic (exact) mass is 366 g/mol. The fraction of sp³-hybridized carbons (Fsp3) is 0.278.